The lowest BCUT2D eigenvalue weighted by atomic mass is 10.1. The van der Waals surface area contributed by atoms with E-state index < -0.39 is 5.97 Å². The Morgan fingerprint density at radius 2 is 2.07 bits per heavy atom. The third-order valence-electron chi connectivity index (χ3n) is 2.18. The van der Waals surface area contributed by atoms with Gasteiger partial charge >= 0.3 is 5.97 Å². The zero-order valence-corrected chi connectivity index (χ0v) is 8.83. The summed E-state index contributed by atoms with van der Waals surface area (Å²) in [4.78, 5) is 11.3. The van der Waals surface area contributed by atoms with Gasteiger partial charge in [0.2, 0.25) is 0 Å². The molecule has 1 aromatic carbocycles. The summed E-state index contributed by atoms with van der Waals surface area (Å²) in [6.45, 7) is 1.69. The van der Waals surface area contributed by atoms with Crippen LogP contribution in [0.4, 0.5) is 5.69 Å². The number of ether oxygens (including phenoxy) is 2. The third kappa shape index (κ3) is 1.81. The van der Waals surface area contributed by atoms with Crippen molar-refractivity contribution < 1.29 is 19.4 Å². The summed E-state index contributed by atoms with van der Waals surface area (Å²) in [5.74, 6) is -0.497. The maximum absolute atomic E-state index is 11.3. The number of carbonyl (C=O) groups excluding carboxylic acids is 1. The van der Waals surface area contributed by atoms with Crippen molar-refractivity contribution in [2.24, 2.45) is 0 Å². The molecule has 0 atom stereocenters. The molecule has 0 heterocycles. The molecule has 0 bridgehead atoms. The standard InChI is InChI=1S/C10H13NO4/c1-5-7(14-2)4-6(10(13)15-3)9(12)8(5)11/h4,12H,11H2,1-3H3. The lowest BCUT2D eigenvalue weighted by Gasteiger charge is -2.12. The van der Waals surface area contributed by atoms with Crippen molar-refractivity contribution in [2.75, 3.05) is 20.0 Å². The number of phenolic OH excluding ortho intramolecular Hbond substituents is 1. The van der Waals surface area contributed by atoms with E-state index in [-0.39, 0.29) is 17.0 Å². The molecule has 0 aromatic heterocycles. The first-order chi connectivity index (χ1) is 7.02. The molecule has 0 saturated heterocycles. The smallest absolute Gasteiger partial charge is 0.341 e. The number of aromatic hydroxyl groups is 1. The second-order valence-corrected chi connectivity index (χ2v) is 3.01. The lowest BCUT2D eigenvalue weighted by molar-refractivity contribution is 0.0597. The molecule has 0 unspecified atom stereocenters. The molecule has 0 aliphatic rings. The predicted molar refractivity (Wildman–Crippen MR) is 55.1 cm³/mol. The Kier molecular flexibility index (Phi) is 3.04. The van der Waals surface area contributed by atoms with Crippen LogP contribution in [-0.4, -0.2) is 25.3 Å². The molecule has 0 spiro atoms. The largest absolute Gasteiger partial charge is 0.505 e. The minimum Gasteiger partial charge on any atom is -0.505 e. The van der Waals surface area contributed by atoms with E-state index in [0.29, 0.717) is 11.3 Å². The lowest BCUT2D eigenvalue weighted by Crippen LogP contribution is -2.05. The molecule has 0 radical (unpaired) electrons. The van der Waals surface area contributed by atoms with Crippen LogP contribution in [-0.2, 0) is 4.74 Å². The maximum Gasteiger partial charge on any atom is 0.341 e. The van der Waals surface area contributed by atoms with Gasteiger partial charge in [-0.05, 0) is 13.0 Å². The van der Waals surface area contributed by atoms with E-state index >= 15 is 0 Å². The molecule has 0 saturated carbocycles. The van der Waals surface area contributed by atoms with Crippen LogP contribution in [0.3, 0.4) is 0 Å². The van der Waals surface area contributed by atoms with E-state index in [9.17, 15) is 9.90 Å². The normalized spacial score (nSPS) is 9.80. The van der Waals surface area contributed by atoms with Crippen molar-refractivity contribution in [3.63, 3.8) is 0 Å². The minimum absolute atomic E-state index is 0.00236. The first-order valence-electron chi connectivity index (χ1n) is 4.27. The number of anilines is 1. The molecule has 82 valence electrons. The number of nitrogens with two attached hydrogens (primary N) is 1. The molecule has 3 N–H and O–H groups in total. The highest BCUT2D eigenvalue weighted by molar-refractivity contribution is 5.95. The van der Waals surface area contributed by atoms with Crippen LogP contribution in [0.15, 0.2) is 6.07 Å². The molecule has 0 amide bonds. The first kappa shape index (κ1) is 11.2. The fourth-order valence-electron chi connectivity index (χ4n) is 1.24. The van der Waals surface area contributed by atoms with E-state index in [1.54, 1.807) is 6.92 Å². The van der Waals surface area contributed by atoms with Crippen molar-refractivity contribution in [3.8, 4) is 11.5 Å². The number of esters is 1. The van der Waals surface area contributed by atoms with Crippen LogP contribution in [0, 0.1) is 6.92 Å². The van der Waals surface area contributed by atoms with E-state index in [1.165, 1.54) is 20.3 Å². The predicted octanol–water partition coefficient (Wildman–Crippen LogP) is 1.08. The monoisotopic (exact) mass is 211 g/mol. The van der Waals surface area contributed by atoms with Gasteiger partial charge < -0.3 is 20.3 Å². The van der Waals surface area contributed by atoms with Gasteiger partial charge in [-0.1, -0.05) is 0 Å². The second-order valence-electron chi connectivity index (χ2n) is 3.01. The molecule has 1 rings (SSSR count). The van der Waals surface area contributed by atoms with Gasteiger partial charge in [-0.2, -0.15) is 0 Å². The summed E-state index contributed by atoms with van der Waals surface area (Å²) in [6, 6.07) is 1.40. The van der Waals surface area contributed by atoms with Gasteiger partial charge in [0.25, 0.3) is 0 Å². The van der Waals surface area contributed by atoms with Crippen LogP contribution in [0.2, 0.25) is 0 Å². The van der Waals surface area contributed by atoms with Crippen LogP contribution in [0.25, 0.3) is 0 Å². The zero-order valence-electron chi connectivity index (χ0n) is 8.83. The Bertz CT molecular complexity index is 401. The average molecular weight is 211 g/mol. The topological polar surface area (TPSA) is 81.8 Å². The number of hydrogen-bond donors (Lipinski definition) is 2. The number of hydrogen-bond acceptors (Lipinski definition) is 5. The van der Waals surface area contributed by atoms with Gasteiger partial charge in [0.15, 0.2) is 5.75 Å². The Morgan fingerprint density at radius 3 is 2.53 bits per heavy atom. The minimum atomic E-state index is -0.655. The molecule has 0 fully saturated rings. The summed E-state index contributed by atoms with van der Waals surface area (Å²) in [5, 5.41) is 9.62. The van der Waals surface area contributed by atoms with E-state index in [2.05, 4.69) is 4.74 Å². The van der Waals surface area contributed by atoms with Crippen molar-refractivity contribution in [1.29, 1.82) is 0 Å². The summed E-state index contributed by atoms with van der Waals surface area (Å²) in [7, 11) is 2.68. The molecule has 0 aliphatic carbocycles. The number of rotatable bonds is 2. The highest BCUT2D eigenvalue weighted by Crippen LogP contribution is 2.35. The number of benzene rings is 1. The highest BCUT2D eigenvalue weighted by Gasteiger charge is 2.18. The number of nitrogen functional groups attached to an aromatic ring is 1. The summed E-state index contributed by atoms with van der Waals surface area (Å²) < 4.78 is 9.52. The van der Waals surface area contributed by atoms with Crippen molar-refractivity contribution in [2.45, 2.75) is 6.92 Å². The molecule has 0 aliphatic heterocycles. The van der Waals surface area contributed by atoms with Gasteiger partial charge in [0.05, 0.1) is 19.9 Å². The molecule has 15 heavy (non-hydrogen) atoms. The fraction of sp³-hybridized carbons (Fsp3) is 0.300. The molecular weight excluding hydrogens is 198 g/mol. The molecular formula is C10H13NO4. The van der Waals surface area contributed by atoms with Gasteiger partial charge in [-0.25, -0.2) is 4.79 Å². The quantitative estimate of drug-likeness (QED) is 0.434. The van der Waals surface area contributed by atoms with Crippen LogP contribution in [0.5, 0.6) is 11.5 Å². The average Bonchev–Trinajstić information content (AvgIpc) is 2.25. The Hall–Kier alpha value is -1.91. The molecule has 5 nitrogen and oxygen atoms in total. The summed E-state index contributed by atoms with van der Waals surface area (Å²) in [6.07, 6.45) is 0. The van der Waals surface area contributed by atoms with Gasteiger partial charge in [-0.15, -0.1) is 0 Å². The highest BCUT2D eigenvalue weighted by atomic mass is 16.5. The van der Waals surface area contributed by atoms with Crippen LogP contribution < -0.4 is 10.5 Å². The van der Waals surface area contributed by atoms with Gasteiger partial charge in [0, 0.05) is 5.56 Å². The van der Waals surface area contributed by atoms with Crippen molar-refractivity contribution >= 4 is 11.7 Å². The number of carbonyl (C=O) groups is 1. The third-order valence-corrected chi connectivity index (χ3v) is 2.18. The van der Waals surface area contributed by atoms with Crippen LogP contribution >= 0.6 is 0 Å². The zero-order chi connectivity index (χ0) is 11.6. The fourth-order valence-corrected chi connectivity index (χ4v) is 1.24. The summed E-state index contributed by atoms with van der Waals surface area (Å²) in [5.41, 5.74) is 6.32. The molecule has 1 aromatic rings. The molecule has 5 heteroatoms. The Morgan fingerprint density at radius 1 is 1.47 bits per heavy atom. The Balaban J connectivity index is 3.41. The first-order valence-corrected chi connectivity index (χ1v) is 4.27. The van der Waals surface area contributed by atoms with E-state index in [4.69, 9.17) is 10.5 Å². The van der Waals surface area contributed by atoms with Gasteiger partial charge in [0.1, 0.15) is 11.3 Å². The van der Waals surface area contributed by atoms with E-state index in [1.807, 2.05) is 0 Å². The maximum atomic E-state index is 11.3. The van der Waals surface area contributed by atoms with Crippen LogP contribution in [0.1, 0.15) is 15.9 Å². The number of phenols is 1. The summed E-state index contributed by atoms with van der Waals surface area (Å²) >= 11 is 0. The van der Waals surface area contributed by atoms with Crippen molar-refractivity contribution in [3.05, 3.63) is 17.2 Å². The van der Waals surface area contributed by atoms with Gasteiger partial charge in [-0.3, -0.25) is 0 Å². The van der Waals surface area contributed by atoms with Crippen molar-refractivity contribution in [1.82, 2.24) is 0 Å². The SMILES string of the molecule is COC(=O)c1cc(OC)c(C)c(N)c1O. The Labute approximate surface area is 87.4 Å². The second kappa shape index (κ2) is 4.08. The number of methoxy groups -OCH3 is 2. The van der Waals surface area contributed by atoms with E-state index in [0.717, 1.165) is 0 Å².